The molecule has 1 aliphatic rings. The number of aromatic nitrogens is 2. The minimum Gasteiger partial charge on any atom is -0.465 e. The number of esters is 1. The Kier molecular flexibility index (Phi) is 4.02. The molecule has 0 aliphatic carbocycles. The van der Waals surface area contributed by atoms with Crippen LogP contribution < -0.4 is 4.90 Å². The van der Waals surface area contributed by atoms with Crippen LogP contribution >= 0.6 is 0 Å². The second kappa shape index (κ2) is 5.55. The van der Waals surface area contributed by atoms with E-state index in [1.54, 1.807) is 6.20 Å². The quantitative estimate of drug-likeness (QED) is 0.764. The number of hydrogen-bond acceptors (Lipinski definition) is 5. The molecule has 0 spiro atoms. The molecule has 2 rings (SSSR count). The summed E-state index contributed by atoms with van der Waals surface area (Å²) in [6, 6.07) is 0. The van der Waals surface area contributed by atoms with E-state index in [9.17, 15) is 4.79 Å². The molecule has 0 aromatic carbocycles. The van der Waals surface area contributed by atoms with Crippen molar-refractivity contribution in [1.82, 2.24) is 9.97 Å². The van der Waals surface area contributed by atoms with E-state index >= 15 is 0 Å². The number of anilines is 1. The molecule has 104 valence electrons. The first kappa shape index (κ1) is 13.8. The lowest BCUT2D eigenvalue weighted by molar-refractivity contribution is 0.0599. The molecule has 0 unspecified atom stereocenters. The fourth-order valence-corrected chi connectivity index (χ4v) is 2.74. The van der Waals surface area contributed by atoms with Crippen molar-refractivity contribution in [3.05, 3.63) is 17.5 Å². The summed E-state index contributed by atoms with van der Waals surface area (Å²) in [6.07, 6.45) is 2.81. The Morgan fingerprint density at radius 2 is 2.00 bits per heavy atom. The van der Waals surface area contributed by atoms with Crippen molar-refractivity contribution < 1.29 is 9.53 Å². The van der Waals surface area contributed by atoms with Gasteiger partial charge in [-0.05, 0) is 25.2 Å². The molecule has 1 fully saturated rings. The average Bonchev–Trinajstić information content (AvgIpc) is 2.36. The maximum Gasteiger partial charge on any atom is 0.341 e. The predicted molar refractivity (Wildman–Crippen MR) is 73.3 cm³/mol. The molecule has 5 nitrogen and oxygen atoms in total. The summed E-state index contributed by atoms with van der Waals surface area (Å²) >= 11 is 0. The zero-order valence-electron chi connectivity index (χ0n) is 12.0. The fourth-order valence-electron chi connectivity index (χ4n) is 2.74. The minimum atomic E-state index is -0.385. The molecule has 0 saturated carbocycles. The standard InChI is InChI=1S/C14H21N3O2/c1-9-5-10(2)8-17(7-9)14-15-6-12(11(3)16-14)13(18)19-4/h6,9-10H,5,7-8H2,1-4H3/t9-,10+. The van der Waals surface area contributed by atoms with Crippen LogP contribution in [0.1, 0.15) is 36.3 Å². The molecule has 0 bridgehead atoms. The second-order valence-corrected chi connectivity index (χ2v) is 5.51. The molecule has 1 aliphatic heterocycles. The molecular formula is C14H21N3O2. The Labute approximate surface area is 114 Å². The lowest BCUT2D eigenvalue weighted by Gasteiger charge is -2.35. The highest BCUT2D eigenvalue weighted by Crippen LogP contribution is 2.24. The van der Waals surface area contributed by atoms with Crippen LogP contribution in [-0.4, -0.2) is 36.1 Å². The maximum atomic E-state index is 11.5. The topological polar surface area (TPSA) is 55.3 Å². The lowest BCUT2D eigenvalue weighted by Crippen LogP contribution is -2.39. The molecule has 1 saturated heterocycles. The van der Waals surface area contributed by atoms with Gasteiger partial charge in [-0.2, -0.15) is 0 Å². The van der Waals surface area contributed by atoms with Gasteiger partial charge in [0.1, 0.15) is 0 Å². The summed E-state index contributed by atoms with van der Waals surface area (Å²) in [6.45, 7) is 8.26. The number of carbonyl (C=O) groups excluding carboxylic acids is 1. The first-order valence-corrected chi connectivity index (χ1v) is 6.68. The van der Waals surface area contributed by atoms with Gasteiger partial charge in [0, 0.05) is 19.3 Å². The van der Waals surface area contributed by atoms with Gasteiger partial charge >= 0.3 is 5.97 Å². The van der Waals surface area contributed by atoms with Crippen molar-refractivity contribution in [3.63, 3.8) is 0 Å². The molecular weight excluding hydrogens is 242 g/mol. The molecule has 2 heterocycles. The van der Waals surface area contributed by atoms with Gasteiger partial charge in [0.05, 0.1) is 18.4 Å². The van der Waals surface area contributed by atoms with E-state index in [-0.39, 0.29) is 5.97 Å². The molecule has 0 radical (unpaired) electrons. The number of rotatable bonds is 2. The predicted octanol–water partition coefficient (Wildman–Crippen LogP) is 2.05. The normalized spacial score (nSPS) is 23.3. The minimum absolute atomic E-state index is 0.385. The second-order valence-electron chi connectivity index (χ2n) is 5.51. The van der Waals surface area contributed by atoms with Crippen LogP contribution in [-0.2, 0) is 4.74 Å². The van der Waals surface area contributed by atoms with Gasteiger partial charge < -0.3 is 9.64 Å². The van der Waals surface area contributed by atoms with E-state index in [4.69, 9.17) is 4.74 Å². The molecule has 5 heteroatoms. The number of piperidine rings is 1. The van der Waals surface area contributed by atoms with Gasteiger partial charge in [0.2, 0.25) is 5.95 Å². The van der Waals surface area contributed by atoms with Crippen molar-refractivity contribution in [2.75, 3.05) is 25.1 Å². The van der Waals surface area contributed by atoms with Crippen molar-refractivity contribution in [1.29, 1.82) is 0 Å². The number of nitrogens with zero attached hydrogens (tertiary/aromatic N) is 3. The van der Waals surface area contributed by atoms with E-state index in [2.05, 4.69) is 28.7 Å². The van der Waals surface area contributed by atoms with Gasteiger partial charge in [0.25, 0.3) is 0 Å². The monoisotopic (exact) mass is 263 g/mol. The summed E-state index contributed by atoms with van der Waals surface area (Å²) in [7, 11) is 1.36. The molecule has 19 heavy (non-hydrogen) atoms. The first-order chi connectivity index (χ1) is 9.01. The first-order valence-electron chi connectivity index (χ1n) is 6.68. The van der Waals surface area contributed by atoms with E-state index in [1.165, 1.54) is 13.5 Å². The number of ether oxygens (including phenoxy) is 1. The Morgan fingerprint density at radius 1 is 1.37 bits per heavy atom. The Morgan fingerprint density at radius 3 is 2.53 bits per heavy atom. The van der Waals surface area contributed by atoms with Gasteiger partial charge in [0.15, 0.2) is 0 Å². The van der Waals surface area contributed by atoms with Crippen LogP contribution in [0.15, 0.2) is 6.20 Å². The van der Waals surface area contributed by atoms with Gasteiger partial charge in [-0.15, -0.1) is 0 Å². The van der Waals surface area contributed by atoms with E-state index < -0.39 is 0 Å². The van der Waals surface area contributed by atoms with Crippen molar-refractivity contribution in [2.45, 2.75) is 27.2 Å². The van der Waals surface area contributed by atoms with E-state index in [1.807, 2.05) is 6.92 Å². The average molecular weight is 263 g/mol. The molecule has 1 aromatic rings. The van der Waals surface area contributed by atoms with Gasteiger partial charge in [-0.1, -0.05) is 13.8 Å². The van der Waals surface area contributed by atoms with Crippen molar-refractivity contribution in [3.8, 4) is 0 Å². The van der Waals surface area contributed by atoms with Gasteiger partial charge in [-0.25, -0.2) is 14.8 Å². The fraction of sp³-hybridized carbons (Fsp3) is 0.643. The number of hydrogen-bond donors (Lipinski definition) is 0. The highest BCUT2D eigenvalue weighted by Gasteiger charge is 2.24. The Balaban J connectivity index is 2.22. The number of carbonyl (C=O) groups is 1. The third kappa shape index (κ3) is 3.03. The highest BCUT2D eigenvalue weighted by atomic mass is 16.5. The van der Waals surface area contributed by atoms with E-state index in [0.29, 0.717) is 29.0 Å². The summed E-state index contributed by atoms with van der Waals surface area (Å²) in [5.74, 6) is 1.62. The van der Waals surface area contributed by atoms with Crippen LogP contribution in [0.25, 0.3) is 0 Å². The Hall–Kier alpha value is -1.65. The maximum absolute atomic E-state index is 11.5. The van der Waals surface area contributed by atoms with Crippen LogP contribution in [0.4, 0.5) is 5.95 Å². The molecule has 2 atom stereocenters. The molecule has 0 amide bonds. The number of aryl methyl sites for hydroxylation is 1. The van der Waals surface area contributed by atoms with E-state index in [0.717, 1.165) is 13.1 Å². The number of methoxy groups -OCH3 is 1. The Bertz CT molecular complexity index is 466. The van der Waals surface area contributed by atoms with Crippen LogP contribution in [0.5, 0.6) is 0 Å². The van der Waals surface area contributed by atoms with Crippen LogP contribution in [0.3, 0.4) is 0 Å². The third-order valence-electron chi connectivity index (χ3n) is 3.52. The van der Waals surface area contributed by atoms with Crippen molar-refractivity contribution in [2.24, 2.45) is 11.8 Å². The zero-order chi connectivity index (χ0) is 14.0. The summed E-state index contributed by atoms with van der Waals surface area (Å²) in [5, 5.41) is 0. The zero-order valence-corrected chi connectivity index (χ0v) is 12.0. The smallest absolute Gasteiger partial charge is 0.341 e. The van der Waals surface area contributed by atoms with Crippen LogP contribution in [0.2, 0.25) is 0 Å². The summed E-state index contributed by atoms with van der Waals surface area (Å²) < 4.78 is 4.70. The SMILES string of the molecule is COC(=O)c1cnc(N2C[C@H](C)C[C@H](C)C2)nc1C. The summed E-state index contributed by atoms with van der Waals surface area (Å²) in [5.41, 5.74) is 1.10. The van der Waals surface area contributed by atoms with Gasteiger partial charge in [-0.3, -0.25) is 0 Å². The largest absolute Gasteiger partial charge is 0.465 e. The molecule has 1 aromatic heterocycles. The third-order valence-corrected chi connectivity index (χ3v) is 3.52. The van der Waals surface area contributed by atoms with Crippen molar-refractivity contribution >= 4 is 11.9 Å². The summed E-state index contributed by atoms with van der Waals surface area (Å²) in [4.78, 5) is 22.5. The molecule has 0 N–H and O–H groups in total. The lowest BCUT2D eigenvalue weighted by atomic mass is 9.92. The highest BCUT2D eigenvalue weighted by molar-refractivity contribution is 5.90. The van der Waals surface area contributed by atoms with Crippen LogP contribution in [0, 0.1) is 18.8 Å².